The summed E-state index contributed by atoms with van der Waals surface area (Å²) in [5.41, 5.74) is 8.97. The summed E-state index contributed by atoms with van der Waals surface area (Å²) in [5, 5.41) is 26.6. The number of β-amino-alcohol motifs (C(OH)–C–C–N with tert-alkyl or cyclic N) is 1. The zero-order valence-corrected chi connectivity index (χ0v) is 40.0. The van der Waals surface area contributed by atoms with Crippen molar-refractivity contribution in [2.75, 3.05) is 20.6 Å². The van der Waals surface area contributed by atoms with E-state index in [-0.39, 0.29) is 49.6 Å². The van der Waals surface area contributed by atoms with E-state index < -0.39 is 35.6 Å². The number of carbonyl (C=O) groups is 4. The number of aliphatic imine (C=N–C) groups is 1. The average Bonchev–Trinajstić information content (AvgIpc) is 4.01. The van der Waals surface area contributed by atoms with Crippen molar-refractivity contribution in [1.82, 2.24) is 40.2 Å². The van der Waals surface area contributed by atoms with E-state index in [0.29, 0.717) is 18.7 Å². The Morgan fingerprint density at radius 3 is 2.28 bits per heavy atom. The maximum atomic E-state index is 14.2. The van der Waals surface area contributed by atoms with Crippen LogP contribution < -0.4 is 10.6 Å². The summed E-state index contributed by atoms with van der Waals surface area (Å²) in [6.07, 6.45) is 0.761. The summed E-state index contributed by atoms with van der Waals surface area (Å²) < 4.78 is 2.04. The Hall–Kier alpha value is -5.58. The van der Waals surface area contributed by atoms with Crippen LogP contribution in [0.5, 0.6) is 0 Å². The summed E-state index contributed by atoms with van der Waals surface area (Å²) >= 11 is 3.25. The number of thiophene rings is 1. The number of likely N-dealkylation sites (tertiary alicyclic amines) is 1. The van der Waals surface area contributed by atoms with Crippen LogP contribution in [0.2, 0.25) is 0 Å². The van der Waals surface area contributed by atoms with Gasteiger partial charge in [-0.3, -0.25) is 28.7 Å². The van der Waals surface area contributed by atoms with Gasteiger partial charge in [0.1, 0.15) is 29.0 Å². The molecule has 2 unspecified atom stereocenters. The monoisotopic (exact) mass is 905 g/mol. The topological polar surface area (TPSA) is 175 Å². The molecule has 2 aromatic carbocycles. The molecule has 338 valence electrons. The van der Waals surface area contributed by atoms with Crippen LogP contribution in [-0.2, 0) is 25.6 Å². The third-order valence-electron chi connectivity index (χ3n) is 12.3. The number of aryl methyl sites for hydroxylation is 4. The molecule has 0 radical (unpaired) electrons. The Bertz CT molecular complexity index is 2570. The van der Waals surface area contributed by atoms with Crippen molar-refractivity contribution in [3.8, 4) is 15.4 Å². The molecule has 14 nitrogen and oxygen atoms in total. The Kier molecular flexibility index (Phi) is 13.7. The van der Waals surface area contributed by atoms with E-state index in [1.54, 1.807) is 41.7 Å². The molecule has 7 rings (SSSR count). The minimum atomic E-state index is -0.914. The number of fused-ring (bicyclic) bond motifs is 3. The van der Waals surface area contributed by atoms with Crippen molar-refractivity contribution in [2.24, 2.45) is 10.4 Å². The normalized spacial score (nSPS) is 18.1. The quantitative estimate of drug-likeness (QED) is 0.116. The van der Waals surface area contributed by atoms with Crippen molar-refractivity contribution in [2.45, 2.75) is 118 Å². The van der Waals surface area contributed by atoms with Crippen LogP contribution in [0.3, 0.4) is 0 Å². The summed E-state index contributed by atoms with van der Waals surface area (Å²) in [4.78, 5) is 69.4. The molecule has 0 bridgehead atoms. The van der Waals surface area contributed by atoms with Gasteiger partial charge in [0.15, 0.2) is 5.82 Å². The minimum absolute atomic E-state index is 0.00172. The van der Waals surface area contributed by atoms with E-state index in [0.717, 1.165) is 60.5 Å². The van der Waals surface area contributed by atoms with Gasteiger partial charge in [-0.2, -0.15) is 0 Å². The number of rotatable bonds is 13. The van der Waals surface area contributed by atoms with Crippen molar-refractivity contribution < 1.29 is 24.3 Å². The largest absolute Gasteiger partial charge is 0.391 e. The number of nitrogens with zero attached hydrogens (tertiary/aromatic N) is 7. The zero-order valence-electron chi connectivity index (χ0n) is 38.4. The van der Waals surface area contributed by atoms with Gasteiger partial charge in [-0.15, -0.1) is 32.9 Å². The molecule has 3 N–H and O–H groups in total. The van der Waals surface area contributed by atoms with Crippen LogP contribution in [0, 0.1) is 33.1 Å². The van der Waals surface area contributed by atoms with Gasteiger partial charge in [-0.05, 0) is 75.1 Å². The van der Waals surface area contributed by atoms with Crippen LogP contribution >= 0.6 is 22.7 Å². The molecule has 64 heavy (non-hydrogen) atoms. The maximum absolute atomic E-state index is 14.2. The van der Waals surface area contributed by atoms with Crippen molar-refractivity contribution >= 4 is 52.0 Å². The SMILES string of the molecule is Cc1ncsc1-c1ccc(C(C)NC(=O)[C@@H]2C[C@@H](O)CN2C(=O)C(NC(=O)CCCc2ccc(C3=N[C@@H](CC(=O)N(C)C)c4nnc(C)n4-c4sc(C)c(C)c43)cc2)C(C)(C)C)cc1. The first kappa shape index (κ1) is 46.4. The fourth-order valence-corrected chi connectivity index (χ4v) is 10.4. The highest BCUT2D eigenvalue weighted by molar-refractivity contribution is 7.15. The Morgan fingerprint density at radius 1 is 0.953 bits per heavy atom. The molecule has 16 heteroatoms. The number of aliphatic hydroxyl groups is 1. The van der Waals surface area contributed by atoms with Gasteiger partial charge in [0.05, 0.1) is 40.4 Å². The predicted molar refractivity (Wildman–Crippen MR) is 251 cm³/mol. The maximum Gasteiger partial charge on any atom is 0.246 e. The Balaban J connectivity index is 0.990. The number of thiazole rings is 1. The highest BCUT2D eigenvalue weighted by Crippen LogP contribution is 2.40. The summed E-state index contributed by atoms with van der Waals surface area (Å²) in [6, 6.07) is 13.5. The van der Waals surface area contributed by atoms with E-state index in [9.17, 15) is 24.3 Å². The van der Waals surface area contributed by atoms with E-state index in [4.69, 9.17) is 4.99 Å². The Labute approximate surface area is 383 Å². The number of carbonyl (C=O) groups excluding carboxylic acids is 4. The van der Waals surface area contributed by atoms with Crippen molar-refractivity contribution in [1.29, 1.82) is 0 Å². The lowest BCUT2D eigenvalue weighted by Gasteiger charge is -2.35. The summed E-state index contributed by atoms with van der Waals surface area (Å²) in [5.74, 6) is 0.320. The molecule has 4 amide bonds. The van der Waals surface area contributed by atoms with Crippen LogP contribution in [0.4, 0.5) is 0 Å². The smallest absolute Gasteiger partial charge is 0.246 e. The first-order valence-corrected chi connectivity index (χ1v) is 23.5. The van der Waals surface area contributed by atoms with Gasteiger partial charge in [0.2, 0.25) is 23.6 Å². The molecular formula is C48H59N9O5S2. The van der Waals surface area contributed by atoms with Crippen molar-refractivity contribution in [3.05, 3.63) is 104 Å². The number of aliphatic hydroxyl groups excluding tert-OH is 1. The molecule has 2 aliphatic rings. The highest BCUT2D eigenvalue weighted by Gasteiger charge is 2.45. The number of benzene rings is 2. The number of aromatic nitrogens is 4. The first-order valence-electron chi connectivity index (χ1n) is 21.8. The summed E-state index contributed by atoms with van der Waals surface area (Å²) in [7, 11) is 3.47. The van der Waals surface area contributed by atoms with Gasteiger partial charge in [0, 0.05) is 49.5 Å². The number of hydrogen-bond donors (Lipinski definition) is 3. The number of amides is 4. The van der Waals surface area contributed by atoms with Gasteiger partial charge in [0.25, 0.3) is 0 Å². The average molecular weight is 906 g/mol. The van der Waals surface area contributed by atoms with E-state index in [1.807, 2.05) is 100 Å². The molecular weight excluding hydrogens is 847 g/mol. The third-order valence-corrected chi connectivity index (χ3v) is 14.4. The fraction of sp³-hybridized carbons (Fsp3) is 0.458. The zero-order chi connectivity index (χ0) is 46.2. The Morgan fingerprint density at radius 2 is 1.64 bits per heavy atom. The number of nitrogens with one attached hydrogen (secondary N) is 2. The third kappa shape index (κ3) is 9.73. The van der Waals surface area contributed by atoms with Gasteiger partial charge in [-0.25, -0.2) is 4.98 Å². The molecule has 0 saturated carbocycles. The molecule has 2 aliphatic heterocycles. The lowest BCUT2D eigenvalue weighted by molar-refractivity contribution is -0.144. The molecule has 0 aliphatic carbocycles. The molecule has 0 spiro atoms. The van der Waals surface area contributed by atoms with E-state index >= 15 is 0 Å². The van der Waals surface area contributed by atoms with Crippen LogP contribution in [0.1, 0.15) is 115 Å². The van der Waals surface area contributed by atoms with Gasteiger partial charge in [-0.1, -0.05) is 69.3 Å². The second kappa shape index (κ2) is 18.9. The standard InChI is InChI=1S/C48H59N9O5S2/c1-26-29(4)64-47-40(26)41(51-36(23-39(60)55(9)10)44-54-53-30(5)57(44)47)33-16-14-31(15-17-33)12-11-13-38(59)52-43(48(6,7)8)46(62)56-24-35(58)22-37(56)45(61)50-27(2)32-18-20-34(21-19-32)42-28(3)49-25-63-42/h14-21,25,27,35-37,43,58H,11-13,22-24H2,1-10H3,(H,50,61)(H,52,59)/t27?,35-,36+,37+,43?/m1/s1. The molecule has 1 saturated heterocycles. The molecule has 1 fully saturated rings. The highest BCUT2D eigenvalue weighted by atomic mass is 32.1. The van der Waals surface area contributed by atoms with Crippen molar-refractivity contribution in [3.63, 3.8) is 0 Å². The summed E-state index contributed by atoms with van der Waals surface area (Å²) in [6.45, 7) is 15.6. The van der Waals surface area contributed by atoms with Crippen LogP contribution in [-0.4, -0.2) is 103 Å². The van der Waals surface area contributed by atoms with E-state index in [1.165, 1.54) is 9.78 Å². The molecule has 5 aromatic rings. The lowest BCUT2D eigenvalue weighted by atomic mass is 9.85. The van der Waals surface area contributed by atoms with Crippen LogP contribution in [0.25, 0.3) is 15.4 Å². The molecule has 5 atom stereocenters. The predicted octanol–water partition coefficient (Wildman–Crippen LogP) is 6.75. The van der Waals surface area contributed by atoms with E-state index in [2.05, 4.69) is 39.7 Å². The van der Waals surface area contributed by atoms with Crippen LogP contribution in [0.15, 0.2) is 59.0 Å². The van der Waals surface area contributed by atoms with Gasteiger partial charge >= 0.3 is 0 Å². The van der Waals surface area contributed by atoms with Gasteiger partial charge < -0.3 is 25.5 Å². The first-order chi connectivity index (χ1) is 30.3. The second-order valence-electron chi connectivity index (χ2n) is 18.3. The fourth-order valence-electron chi connectivity index (χ4n) is 8.40. The molecule has 3 aromatic heterocycles. The molecule has 5 heterocycles. The minimum Gasteiger partial charge on any atom is -0.391 e. The lowest BCUT2D eigenvalue weighted by Crippen LogP contribution is -2.57. The second-order valence-corrected chi connectivity index (χ2v) is 20.4. The number of hydrogen-bond acceptors (Lipinski definition) is 11.